The van der Waals surface area contributed by atoms with E-state index in [1.165, 1.54) is 6.08 Å². The molecule has 27 heavy (non-hydrogen) atoms. The number of urea groups is 1. The molecule has 0 radical (unpaired) electrons. The lowest BCUT2D eigenvalue weighted by atomic mass is 10.2. The van der Waals surface area contributed by atoms with Crippen LogP contribution in [0.25, 0.3) is 6.08 Å². The molecule has 142 valence electrons. The van der Waals surface area contributed by atoms with Gasteiger partial charge in [0.05, 0.1) is 7.11 Å². The first kappa shape index (κ1) is 20.0. The molecule has 0 aliphatic carbocycles. The summed E-state index contributed by atoms with van der Waals surface area (Å²) in [7, 11) is 1.59. The van der Waals surface area contributed by atoms with Crippen LogP contribution in [0.1, 0.15) is 25.0 Å². The molecule has 0 saturated heterocycles. The van der Waals surface area contributed by atoms with E-state index in [2.05, 4.69) is 16.0 Å². The van der Waals surface area contributed by atoms with Crippen LogP contribution in [0, 0.1) is 0 Å². The lowest BCUT2D eigenvalue weighted by molar-refractivity contribution is -0.116. The largest absolute Gasteiger partial charge is 0.496 e. The quantitative estimate of drug-likeness (QED) is 0.655. The van der Waals surface area contributed by atoms with E-state index >= 15 is 0 Å². The number of para-hydroxylation sites is 1. The highest BCUT2D eigenvalue weighted by Gasteiger charge is 2.04. The first-order valence-corrected chi connectivity index (χ1v) is 8.73. The minimum absolute atomic E-state index is 0.0726. The highest BCUT2D eigenvalue weighted by Crippen LogP contribution is 2.18. The van der Waals surface area contributed by atoms with Gasteiger partial charge in [0.15, 0.2) is 0 Å². The van der Waals surface area contributed by atoms with Crippen molar-refractivity contribution in [3.8, 4) is 5.75 Å². The van der Waals surface area contributed by atoms with Crippen LogP contribution < -0.4 is 20.7 Å². The fourth-order valence-corrected chi connectivity index (χ4v) is 2.35. The summed E-state index contributed by atoms with van der Waals surface area (Å²) in [5, 5.41) is 8.34. The van der Waals surface area contributed by atoms with Gasteiger partial charge in [0.25, 0.3) is 0 Å². The number of carbonyl (C=O) groups is 2. The number of benzene rings is 2. The molecule has 2 aromatic carbocycles. The molecule has 0 unspecified atom stereocenters. The van der Waals surface area contributed by atoms with E-state index in [0.29, 0.717) is 18.0 Å². The molecule has 0 fully saturated rings. The molecule has 6 nitrogen and oxygen atoms in total. The zero-order valence-electron chi connectivity index (χ0n) is 15.8. The number of anilines is 1. The Bertz CT molecular complexity index is 799. The summed E-state index contributed by atoms with van der Waals surface area (Å²) in [4.78, 5) is 23.7. The fourth-order valence-electron chi connectivity index (χ4n) is 2.35. The number of hydrogen-bond acceptors (Lipinski definition) is 3. The molecule has 2 aromatic rings. The minimum atomic E-state index is -0.243. The van der Waals surface area contributed by atoms with Gasteiger partial charge in [-0.1, -0.05) is 30.3 Å². The Balaban J connectivity index is 1.84. The molecule has 0 heterocycles. The van der Waals surface area contributed by atoms with Crippen LogP contribution in [0.15, 0.2) is 54.6 Å². The van der Waals surface area contributed by atoms with Crippen LogP contribution >= 0.6 is 0 Å². The molecule has 0 atom stereocenters. The number of amides is 3. The Morgan fingerprint density at radius 1 is 1.07 bits per heavy atom. The highest BCUT2D eigenvalue weighted by atomic mass is 16.5. The Morgan fingerprint density at radius 3 is 2.44 bits per heavy atom. The zero-order chi connectivity index (χ0) is 19.6. The molecular formula is C21H25N3O3. The third-order valence-electron chi connectivity index (χ3n) is 3.65. The summed E-state index contributed by atoms with van der Waals surface area (Å²) < 4.78 is 5.25. The van der Waals surface area contributed by atoms with E-state index in [-0.39, 0.29) is 18.0 Å². The number of hydrogen-bond donors (Lipinski definition) is 3. The second kappa shape index (κ2) is 10.0. The average Bonchev–Trinajstić information content (AvgIpc) is 2.65. The van der Waals surface area contributed by atoms with Crippen molar-refractivity contribution in [2.75, 3.05) is 12.4 Å². The van der Waals surface area contributed by atoms with Gasteiger partial charge in [-0.3, -0.25) is 4.79 Å². The van der Waals surface area contributed by atoms with Crippen LogP contribution in [0.2, 0.25) is 0 Å². The normalized spacial score (nSPS) is 10.7. The summed E-state index contributed by atoms with van der Waals surface area (Å²) in [6.07, 6.45) is 3.19. The molecule has 0 aliphatic heterocycles. The maximum Gasteiger partial charge on any atom is 0.319 e. The topological polar surface area (TPSA) is 79.5 Å². The van der Waals surface area contributed by atoms with Gasteiger partial charge < -0.3 is 20.7 Å². The van der Waals surface area contributed by atoms with Crippen LogP contribution in [0.5, 0.6) is 5.75 Å². The van der Waals surface area contributed by atoms with E-state index in [1.807, 2.05) is 50.2 Å². The van der Waals surface area contributed by atoms with Gasteiger partial charge in [-0.2, -0.15) is 0 Å². The number of ether oxygens (including phenoxy) is 1. The second-order valence-electron chi connectivity index (χ2n) is 6.24. The highest BCUT2D eigenvalue weighted by molar-refractivity contribution is 5.92. The van der Waals surface area contributed by atoms with Crippen molar-refractivity contribution in [2.24, 2.45) is 0 Å². The molecular weight excluding hydrogens is 342 g/mol. The van der Waals surface area contributed by atoms with Gasteiger partial charge in [-0.05, 0) is 43.7 Å². The minimum Gasteiger partial charge on any atom is -0.496 e. The summed E-state index contributed by atoms with van der Waals surface area (Å²) in [5.41, 5.74) is 2.47. The Morgan fingerprint density at radius 2 is 1.78 bits per heavy atom. The van der Waals surface area contributed by atoms with Crippen LogP contribution in [-0.4, -0.2) is 25.1 Å². The first-order valence-electron chi connectivity index (χ1n) is 8.73. The average molecular weight is 367 g/mol. The van der Waals surface area contributed by atoms with E-state index in [1.54, 1.807) is 25.3 Å². The number of methoxy groups -OCH3 is 1. The van der Waals surface area contributed by atoms with E-state index in [4.69, 9.17) is 4.74 Å². The van der Waals surface area contributed by atoms with Gasteiger partial charge in [0.1, 0.15) is 5.75 Å². The second-order valence-corrected chi connectivity index (χ2v) is 6.24. The van der Waals surface area contributed by atoms with Crippen molar-refractivity contribution >= 4 is 23.7 Å². The number of carbonyl (C=O) groups excluding carboxylic acids is 2. The molecule has 0 spiro atoms. The number of rotatable bonds is 7. The van der Waals surface area contributed by atoms with Crippen molar-refractivity contribution in [3.63, 3.8) is 0 Å². The van der Waals surface area contributed by atoms with Crippen molar-refractivity contribution < 1.29 is 14.3 Å². The van der Waals surface area contributed by atoms with Gasteiger partial charge in [-0.25, -0.2) is 4.79 Å². The van der Waals surface area contributed by atoms with Crippen molar-refractivity contribution in [1.82, 2.24) is 10.6 Å². The Kier molecular flexibility index (Phi) is 7.43. The molecule has 3 amide bonds. The van der Waals surface area contributed by atoms with E-state index < -0.39 is 0 Å². The Labute approximate surface area is 159 Å². The maximum absolute atomic E-state index is 12.0. The lowest BCUT2D eigenvalue weighted by Gasteiger charge is -2.10. The van der Waals surface area contributed by atoms with Gasteiger partial charge >= 0.3 is 6.03 Å². The smallest absolute Gasteiger partial charge is 0.319 e. The summed E-state index contributed by atoms with van der Waals surface area (Å²) >= 11 is 0. The number of nitrogens with one attached hydrogen (secondary N) is 3. The van der Waals surface area contributed by atoms with Crippen LogP contribution in [0.4, 0.5) is 10.5 Å². The molecule has 0 aromatic heterocycles. The predicted octanol–water partition coefficient (Wildman–Crippen LogP) is 3.55. The third kappa shape index (κ3) is 6.86. The molecule has 0 saturated carbocycles. The van der Waals surface area contributed by atoms with Gasteiger partial charge in [0.2, 0.25) is 5.91 Å². The standard InChI is InChI=1S/C21H25N3O3/c1-15(2)23-21(26)24-18-11-8-16(9-12-18)14-22-20(25)13-10-17-6-4-5-7-19(17)27-3/h4-13,15H,14H2,1-3H3,(H,22,25)(H2,23,24,26)/b13-10+. The molecule has 6 heteroatoms. The van der Waals surface area contributed by atoms with Crippen LogP contribution in [0.3, 0.4) is 0 Å². The fraction of sp³-hybridized carbons (Fsp3) is 0.238. The van der Waals surface area contributed by atoms with Crippen molar-refractivity contribution in [2.45, 2.75) is 26.4 Å². The van der Waals surface area contributed by atoms with Gasteiger partial charge in [-0.15, -0.1) is 0 Å². The summed E-state index contributed by atoms with van der Waals surface area (Å²) in [6, 6.07) is 14.6. The molecule has 3 N–H and O–H groups in total. The lowest BCUT2D eigenvalue weighted by Crippen LogP contribution is -2.34. The van der Waals surface area contributed by atoms with E-state index in [9.17, 15) is 9.59 Å². The SMILES string of the molecule is COc1ccccc1/C=C/C(=O)NCc1ccc(NC(=O)NC(C)C)cc1. The van der Waals surface area contributed by atoms with E-state index in [0.717, 1.165) is 11.1 Å². The van der Waals surface area contributed by atoms with Crippen molar-refractivity contribution in [3.05, 3.63) is 65.7 Å². The molecule has 0 bridgehead atoms. The molecule has 2 rings (SSSR count). The zero-order valence-corrected chi connectivity index (χ0v) is 15.8. The maximum atomic E-state index is 12.0. The monoisotopic (exact) mass is 367 g/mol. The van der Waals surface area contributed by atoms with Gasteiger partial charge in [0, 0.05) is 29.9 Å². The molecule has 0 aliphatic rings. The summed E-state index contributed by atoms with van der Waals surface area (Å²) in [5.74, 6) is 0.519. The first-order chi connectivity index (χ1) is 13.0. The predicted molar refractivity (Wildman–Crippen MR) is 108 cm³/mol. The van der Waals surface area contributed by atoms with Crippen LogP contribution in [-0.2, 0) is 11.3 Å². The third-order valence-corrected chi connectivity index (χ3v) is 3.65. The van der Waals surface area contributed by atoms with Crippen molar-refractivity contribution in [1.29, 1.82) is 0 Å². The summed E-state index contributed by atoms with van der Waals surface area (Å²) in [6.45, 7) is 4.19. The Hall–Kier alpha value is -3.28.